The van der Waals surface area contributed by atoms with Gasteiger partial charge in [0.25, 0.3) is 0 Å². The number of anilines is 1. The average molecular weight is 401 g/mol. The van der Waals surface area contributed by atoms with Gasteiger partial charge >= 0.3 is 6.03 Å². The molecule has 1 aromatic carbocycles. The Hall–Kier alpha value is -2.48. The number of aryl methyl sites for hydroxylation is 1. The number of hydrogen-bond acceptors (Lipinski definition) is 5. The number of carbonyl (C=O) groups excluding carboxylic acids is 1. The zero-order valence-corrected chi connectivity index (χ0v) is 16.7. The molecule has 4 rings (SSSR count). The molecular formula is C20H24N4O3S. The van der Waals surface area contributed by atoms with E-state index in [2.05, 4.69) is 15.5 Å². The molecule has 1 aliphatic heterocycles. The van der Waals surface area contributed by atoms with E-state index in [0.29, 0.717) is 49.4 Å². The third-order valence-corrected chi connectivity index (χ3v) is 8.68. The highest BCUT2D eigenvalue weighted by atomic mass is 32.2. The molecule has 0 spiro atoms. The van der Waals surface area contributed by atoms with Crippen LogP contribution < -0.4 is 5.32 Å². The lowest BCUT2D eigenvalue weighted by Gasteiger charge is -2.36. The maximum absolute atomic E-state index is 13.3. The van der Waals surface area contributed by atoms with Crippen LogP contribution in [0.15, 0.2) is 47.6 Å². The molecule has 2 heterocycles. The molecule has 148 valence electrons. The first-order chi connectivity index (χ1) is 13.4. The van der Waals surface area contributed by atoms with Gasteiger partial charge in [-0.15, -0.1) is 0 Å². The second-order valence-corrected chi connectivity index (χ2v) is 10.00. The van der Waals surface area contributed by atoms with Crippen molar-refractivity contribution in [2.75, 3.05) is 18.4 Å². The van der Waals surface area contributed by atoms with E-state index < -0.39 is 14.6 Å². The number of nitrogens with zero attached hydrogens (tertiary/aromatic N) is 3. The highest BCUT2D eigenvalue weighted by Crippen LogP contribution is 2.55. The van der Waals surface area contributed by atoms with Gasteiger partial charge in [0, 0.05) is 13.1 Å². The third kappa shape index (κ3) is 3.37. The van der Waals surface area contributed by atoms with Crippen LogP contribution in [0, 0.1) is 12.8 Å². The Labute approximate surface area is 165 Å². The summed E-state index contributed by atoms with van der Waals surface area (Å²) in [6, 6.07) is 8.64. The number of carbonyl (C=O) groups is 1. The molecule has 8 heteroatoms. The summed E-state index contributed by atoms with van der Waals surface area (Å²) in [5.74, 6) is 0.0884. The number of nitrogens with one attached hydrogen (secondary N) is 1. The van der Waals surface area contributed by atoms with Crippen molar-refractivity contribution in [3.63, 3.8) is 0 Å². The molecule has 1 aliphatic carbocycles. The molecule has 0 atom stereocenters. The Morgan fingerprint density at radius 3 is 2.36 bits per heavy atom. The molecule has 1 aromatic heterocycles. The first-order valence-corrected chi connectivity index (χ1v) is 11.0. The van der Waals surface area contributed by atoms with E-state index in [1.807, 2.05) is 19.1 Å². The molecule has 1 saturated heterocycles. The number of piperidine rings is 1. The van der Waals surface area contributed by atoms with Gasteiger partial charge in [-0.25, -0.2) is 13.2 Å². The Morgan fingerprint density at radius 2 is 1.79 bits per heavy atom. The molecule has 2 aliphatic rings. The summed E-state index contributed by atoms with van der Waals surface area (Å²) in [7, 11) is -3.36. The first kappa shape index (κ1) is 18.9. The highest BCUT2D eigenvalue weighted by molar-refractivity contribution is 7.93. The quantitative estimate of drug-likeness (QED) is 0.852. The summed E-state index contributed by atoms with van der Waals surface area (Å²) in [5.41, 5.74) is 1.65. The van der Waals surface area contributed by atoms with E-state index in [9.17, 15) is 13.2 Å². The van der Waals surface area contributed by atoms with Crippen LogP contribution >= 0.6 is 0 Å². The maximum Gasteiger partial charge on any atom is 0.321 e. The van der Waals surface area contributed by atoms with Crippen LogP contribution in [0.5, 0.6) is 0 Å². The van der Waals surface area contributed by atoms with E-state index >= 15 is 0 Å². The van der Waals surface area contributed by atoms with Crippen molar-refractivity contribution >= 4 is 21.6 Å². The summed E-state index contributed by atoms with van der Waals surface area (Å²) in [6.45, 7) is 3.06. The van der Waals surface area contributed by atoms with E-state index in [4.69, 9.17) is 0 Å². The van der Waals surface area contributed by atoms with Crippen LogP contribution in [-0.4, -0.2) is 47.4 Å². The van der Waals surface area contributed by atoms with Crippen LogP contribution in [0.4, 0.5) is 10.5 Å². The summed E-state index contributed by atoms with van der Waals surface area (Å²) in [6.07, 6.45) is 5.85. The van der Waals surface area contributed by atoms with Crippen LogP contribution in [0.25, 0.3) is 0 Å². The number of likely N-dealkylation sites (tertiary alicyclic amines) is 1. The Kier molecular flexibility index (Phi) is 4.82. The molecule has 28 heavy (non-hydrogen) atoms. The topological polar surface area (TPSA) is 92.3 Å². The largest absolute Gasteiger partial charge is 0.325 e. The fourth-order valence-corrected chi connectivity index (χ4v) is 6.43. The SMILES string of the molecule is Cc1ccc(S(=O)(=O)C2(C3CCN(C(=O)Nc4ccnnc4)CC3)CC2)cc1. The lowest BCUT2D eigenvalue weighted by Crippen LogP contribution is -2.45. The number of hydrogen-bond donors (Lipinski definition) is 1. The van der Waals surface area contributed by atoms with Crippen molar-refractivity contribution in [2.45, 2.75) is 42.2 Å². The molecule has 2 fully saturated rings. The van der Waals surface area contributed by atoms with E-state index in [-0.39, 0.29) is 11.9 Å². The standard InChI is InChI=1S/C20H24N4O3S/c1-15-2-4-18(5-3-15)28(26,27)20(9-10-20)16-7-12-24(13-8-16)19(25)23-17-6-11-21-22-14-17/h2-6,11,14,16H,7-10,12-13H2,1H3,(H,21,23,25). The number of benzene rings is 1. The summed E-state index contributed by atoms with van der Waals surface area (Å²) < 4.78 is 25.9. The summed E-state index contributed by atoms with van der Waals surface area (Å²) in [4.78, 5) is 14.6. The average Bonchev–Trinajstić information content (AvgIpc) is 3.52. The van der Waals surface area contributed by atoms with Gasteiger partial charge in [0.05, 0.1) is 27.7 Å². The molecule has 2 amide bonds. The minimum atomic E-state index is -3.36. The molecule has 2 aromatic rings. The molecular weight excluding hydrogens is 376 g/mol. The van der Waals surface area contributed by atoms with Gasteiger partial charge in [0.2, 0.25) is 0 Å². The summed E-state index contributed by atoms with van der Waals surface area (Å²) in [5, 5.41) is 10.2. The summed E-state index contributed by atoms with van der Waals surface area (Å²) >= 11 is 0. The molecule has 0 radical (unpaired) electrons. The van der Waals surface area contributed by atoms with Crippen molar-refractivity contribution in [3.05, 3.63) is 48.3 Å². The second kappa shape index (κ2) is 7.16. The van der Waals surface area contributed by atoms with Gasteiger partial charge in [-0.1, -0.05) is 17.7 Å². The number of amides is 2. The Bertz CT molecular complexity index is 949. The highest BCUT2D eigenvalue weighted by Gasteiger charge is 2.59. The van der Waals surface area contributed by atoms with Gasteiger partial charge in [-0.2, -0.15) is 10.2 Å². The lowest BCUT2D eigenvalue weighted by atomic mass is 9.91. The first-order valence-electron chi connectivity index (χ1n) is 9.56. The number of rotatable bonds is 4. The van der Waals surface area contributed by atoms with Gasteiger partial charge in [0.1, 0.15) is 0 Å². The van der Waals surface area contributed by atoms with Crippen LogP contribution in [0.2, 0.25) is 0 Å². The van der Waals surface area contributed by atoms with Crippen LogP contribution in [0.1, 0.15) is 31.2 Å². The van der Waals surface area contributed by atoms with Crippen molar-refractivity contribution < 1.29 is 13.2 Å². The molecule has 0 bridgehead atoms. The monoisotopic (exact) mass is 400 g/mol. The Morgan fingerprint density at radius 1 is 1.11 bits per heavy atom. The molecule has 0 unspecified atom stereocenters. The fraction of sp³-hybridized carbons (Fsp3) is 0.450. The van der Waals surface area contributed by atoms with Gasteiger partial charge < -0.3 is 10.2 Å². The normalized spacial score (nSPS) is 19.2. The lowest BCUT2D eigenvalue weighted by molar-refractivity contribution is 0.179. The van der Waals surface area contributed by atoms with Crippen molar-refractivity contribution in [2.24, 2.45) is 5.92 Å². The van der Waals surface area contributed by atoms with Crippen molar-refractivity contribution in [3.8, 4) is 0 Å². The van der Waals surface area contributed by atoms with Crippen molar-refractivity contribution in [1.82, 2.24) is 15.1 Å². The predicted octanol–water partition coefficient (Wildman–Crippen LogP) is 3.04. The van der Waals surface area contributed by atoms with Crippen LogP contribution in [0.3, 0.4) is 0 Å². The molecule has 7 nitrogen and oxygen atoms in total. The number of aromatic nitrogens is 2. The van der Waals surface area contributed by atoms with E-state index in [0.717, 1.165) is 5.56 Å². The van der Waals surface area contributed by atoms with Crippen molar-refractivity contribution in [1.29, 1.82) is 0 Å². The third-order valence-electron chi connectivity index (χ3n) is 5.97. The minimum absolute atomic E-state index is 0.0884. The molecule has 1 N–H and O–H groups in total. The minimum Gasteiger partial charge on any atom is -0.325 e. The maximum atomic E-state index is 13.3. The van der Waals surface area contributed by atoms with Gasteiger partial charge in [-0.05, 0) is 56.7 Å². The zero-order chi connectivity index (χ0) is 19.8. The zero-order valence-electron chi connectivity index (χ0n) is 15.8. The molecule has 1 saturated carbocycles. The van der Waals surface area contributed by atoms with Crippen LogP contribution in [-0.2, 0) is 9.84 Å². The predicted molar refractivity (Wildman–Crippen MR) is 106 cm³/mol. The smallest absolute Gasteiger partial charge is 0.321 e. The number of urea groups is 1. The Balaban J connectivity index is 1.42. The van der Waals surface area contributed by atoms with E-state index in [1.165, 1.54) is 12.4 Å². The van der Waals surface area contributed by atoms with E-state index in [1.54, 1.807) is 23.1 Å². The van der Waals surface area contributed by atoms with Gasteiger partial charge in [0.15, 0.2) is 9.84 Å². The van der Waals surface area contributed by atoms with Gasteiger partial charge in [-0.3, -0.25) is 0 Å². The fourth-order valence-electron chi connectivity index (χ4n) is 4.15. The second-order valence-electron chi connectivity index (χ2n) is 7.70. The number of sulfone groups is 1.